The Hall–Kier alpha value is -0.610. The van der Waals surface area contributed by atoms with Gasteiger partial charge in [0.05, 0.1) is 5.03 Å². The predicted molar refractivity (Wildman–Crippen MR) is 72.2 cm³/mol. The first-order valence-electron chi connectivity index (χ1n) is 6.48. The molecule has 1 aromatic heterocycles. The van der Waals surface area contributed by atoms with Crippen molar-refractivity contribution >= 4 is 11.8 Å². The molecular formula is C13H21N3S. The fourth-order valence-electron chi connectivity index (χ4n) is 2.38. The van der Waals surface area contributed by atoms with Crippen LogP contribution in [0.5, 0.6) is 0 Å². The molecular weight excluding hydrogens is 230 g/mol. The van der Waals surface area contributed by atoms with E-state index in [2.05, 4.69) is 22.2 Å². The van der Waals surface area contributed by atoms with Crippen LogP contribution in [-0.2, 0) is 0 Å². The van der Waals surface area contributed by atoms with Crippen LogP contribution in [0.2, 0.25) is 0 Å². The zero-order valence-electron chi connectivity index (χ0n) is 10.4. The molecule has 0 spiro atoms. The van der Waals surface area contributed by atoms with Crippen molar-refractivity contribution in [2.75, 3.05) is 12.3 Å². The Morgan fingerprint density at radius 1 is 1.41 bits per heavy atom. The highest BCUT2D eigenvalue weighted by molar-refractivity contribution is 7.99. The summed E-state index contributed by atoms with van der Waals surface area (Å²) in [6.07, 6.45) is 8.94. The molecule has 0 aliphatic heterocycles. The smallest absolute Gasteiger partial charge is 0.116 e. The van der Waals surface area contributed by atoms with Crippen LogP contribution in [0.4, 0.5) is 0 Å². The van der Waals surface area contributed by atoms with Gasteiger partial charge < -0.3 is 5.32 Å². The molecule has 3 nitrogen and oxygen atoms in total. The summed E-state index contributed by atoms with van der Waals surface area (Å²) in [7, 11) is 0. The summed E-state index contributed by atoms with van der Waals surface area (Å²) in [6.45, 7) is 3.44. The second-order valence-corrected chi connectivity index (χ2v) is 5.83. The summed E-state index contributed by atoms with van der Waals surface area (Å²) < 4.78 is 0. The van der Waals surface area contributed by atoms with Gasteiger partial charge in [-0.25, -0.2) is 9.97 Å². The second kappa shape index (κ2) is 6.97. The Morgan fingerprint density at radius 3 is 3.06 bits per heavy atom. The summed E-state index contributed by atoms with van der Waals surface area (Å²) in [5, 5.41) is 4.75. The Labute approximate surface area is 108 Å². The first kappa shape index (κ1) is 12.8. The van der Waals surface area contributed by atoms with Gasteiger partial charge in [0.25, 0.3) is 0 Å². The molecule has 2 rings (SSSR count). The number of nitrogens with one attached hydrogen (secondary N) is 1. The maximum atomic E-state index is 4.20. The largest absolute Gasteiger partial charge is 0.313 e. The van der Waals surface area contributed by atoms with Crippen LogP contribution in [-0.4, -0.2) is 28.3 Å². The lowest BCUT2D eigenvalue weighted by atomic mass is 9.86. The lowest BCUT2D eigenvalue weighted by molar-refractivity contribution is 0.285. The van der Waals surface area contributed by atoms with E-state index in [9.17, 15) is 0 Å². The SMILES string of the molecule is CC1CCCCC1NCCSc1ccncn1. The van der Waals surface area contributed by atoms with Gasteiger partial charge in [0, 0.05) is 24.5 Å². The van der Waals surface area contributed by atoms with E-state index in [1.54, 1.807) is 24.3 Å². The van der Waals surface area contributed by atoms with Gasteiger partial charge in [0.1, 0.15) is 6.33 Å². The number of rotatable bonds is 5. The highest BCUT2D eigenvalue weighted by atomic mass is 32.2. The van der Waals surface area contributed by atoms with Crippen molar-refractivity contribution in [1.29, 1.82) is 0 Å². The van der Waals surface area contributed by atoms with E-state index in [1.807, 2.05) is 6.07 Å². The summed E-state index contributed by atoms with van der Waals surface area (Å²) in [5.41, 5.74) is 0. The van der Waals surface area contributed by atoms with Crippen molar-refractivity contribution in [3.05, 3.63) is 18.6 Å². The first-order chi connectivity index (χ1) is 8.36. The molecule has 94 valence electrons. The molecule has 1 saturated carbocycles. The number of thioether (sulfide) groups is 1. The lowest BCUT2D eigenvalue weighted by Crippen LogP contribution is -2.38. The Bertz CT molecular complexity index is 318. The van der Waals surface area contributed by atoms with Crippen molar-refractivity contribution in [2.24, 2.45) is 5.92 Å². The molecule has 2 atom stereocenters. The van der Waals surface area contributed by atoms with Crippen LogP contribution in [0.3, 0.4) is 0 Å². The monoisotopic (exact) mass is 251 g/mol. The van der Waals surface area contributed by atoms with Gasteiger partial charge in [0.15, 0.2) is 0 Å². The van der Waals surface area contributed by atoms with Gasteiger partial charge in [-0.15, -0.1) is 11.8 Å². The Balaban J connectivity index is 1.63. The van der Waals surface area contributed by atoms with Crippen molar-refractivity contribution in [2.45, 2.75) is 43.7 Å². The fourth-order valence-corrected chi connectivity index (χ4v) is 3.09. The molecule has 1 heterocycles. The highest BCUT2D eigenvalue weighted by Crippen LogP contribution is 2.23. The van der Waals surface area contributed by atoms with Crippen molar-refractivity contribution in [3.8, 4) is 0 Å². The lowest BCUT2D eigenvalue weighted by Gasteiger charge is -2.29. The minimum Gasteiger partial charge on any atom is -0.313 e. The third-order valence-corrected chi connectivity index (χ3v) is 4.37. The third-order valence-electron chi connectivity index (χ3n) is 3.42. The summed E-state index contributed by atoms with van der Waals surface area (Å²) in [5.74, 6) is 1.92. The number of aromatic nitrogens is 2. The van der Waals surface area contributed by atoms with Gasteiger partial charge in [-0.3, -0.25) is 0 Å². The van der Waals surface area contributed by atoms with E-state index < -0.39 is 0 Å². The van der Waals surface area contributed by atoms with E-state index in [1.165, 1.54) is 25.7 Å². The van der Waals surface area contributed by atoms with Gasteiger partial charge in [-0.1, -0.05) is 19.8 Å². The third kappa shape index (κ3) is 4.28. The van der Waals surface area contributed by atoms with Gasteiger partial charge in [0.2, 0.25) is 0 Å². The predicted octanol–water partition coefficient (Wildman–Crippen LogP) is 2.74. The average molecular weight is 251 g/mol. The number of nitrogens with zero attached hydrogens (tertiary/aromatic N) is 2. The van der Waals surface area contributed by atoms with E-state index >= 15 is 0 Å². The van der Waals surface area contributed by atoms with E-state index in [4.69, 9.17) is 0 Å². The molecule has 17 heavy (non-hydrogen) atoms. The van der Waals surface area contributed by atoms with Gasteiger partial charge >= 0.3 is 0 Å². The molecule has 2 unspecified atom stereocenters. The second-order valence-electron chi connectivity index (χ2n) is 4.72. The number of hydrogen-bond acceptors (Lipinski definition) is 4. The van der Waals surface area contributed by atoms with Crippen LogP contribution < -0.4 is 5.32 Å². The molecule has 0 aromatic carbocycles. The number of hydrogen-bond donors (Lipinski definition) is 1. The average Bonchev–Trinajstić information content (AvgIpc) is 2.38. The summed E-state index contributed by atoms with van der Waals surface area (Å²) in [6, 6.07) is 2.70. The van der Waals surface area contributed by atoms with E-state index in [0.717, 1.165) is 29.3 Å². The Kier molecular flexibility index (Phi) is 5.26. The molecule has 0 bridgehead atoms. The minimum atomic E-state index is 0.731. The van der Waals surface area contributed by atoms with Crippen LogP contribution in [0.15, 0.2) is 23.6 Å². The fraction of sp³-hybridized carbons (Fsp3) is 0.692. The summed E-state index contributed by atoms with van der Waals surface area (Å²) in [4.78, 5) is 8.12. The quantitative estimate of drug-likeness (QED) is 0.496. The molecule has 1 fully saturated rings. The maximum absolute atomic E-state index is 4.20. The van der Waals surface area contributed by atoms with Gasteiger partial charge in [-0.2, -0.15) is 0 Å². The van der Waals surface area contributed by atoms with Crippen LogP contribution in [0.25, 0.3) is 0 Å². The van der Waals surface area contributed by atoms with E-state index in [0.29, 0.717) is 0 Å². The van der Waals surface area contributed by atoms with Crippen LogP contribution >= 0.6 is 11.8 Å². The zero-order chi connectivity index (χ0) is 11.9. The molecule has 4 heteroatoms. The Morgan fingerprint density at radius 2 is 2.29 bits per heavy atom. The zero-order valence-corrected chi connectivity index (χ0v) is 11.2. The van der Waals surface area contributed by atoms with Crippen molar-refractivity contribution in [3.63, 3.8) is 0 Å². The highest BCUT2D eigenvalue weighted by Gasteiger charge is 2.19. The molecule has 1 N–H and O–H groups in total. The van der Waals surface area contributed by atoms with Crippen molar-refractivity contribution < 1.29 is 0 Å². The maximum Gasteiger partial charge on any atom is 0.116 e. The van der Waals surface area contributed by atoms with E-state index in [-0.39, 0.29) is 0 Å². The molecule has 1 aliphatic rings. The molecule has 1 aliphatic carbocycles. The van der Waals surface area contributed by atoms with Crippen LogP contribution in [0, 0.1) is 5.92 Å². The van der Waals surface area contributed by atoms with Crippen molar-refractivity contribution in [1.82, 2.24) is 15.3 Å². The molecule has 0 radical (unpaired) electrons. The topological polar surface area (TPSA) is 37.8 Å². The normalized spacial score (nSPS) is 24.8. The standard InChI is InChI=1S/C13H21N3S/c1-11-4-2-3-5-12(11)15-8-9-17-13-6-7-14-10-16-13/h6-7,10-12,15H,2-5,8-9H2,1H3. The summed E-state index contributed by atoms with van der Waals surface area (Å²) >= 11 is 1.80. The molecule has 0 amide bonds. The molecule has 1 aromatic rings. The van der Waals surface area contributed by atoms with Gasteiger partial charge in [-0.05, 0) is 24.8 Å². The molecule has 0 saturated heterocycles. The first-order valence-corrected chi connectivity index (χ1v) is 7.47. The minimum absolute atomic E-state index is 0.731. The van der Waals surface area contributed by atoms with Crippen LogP contribution in [0.1, 0.15) is 32.6 Å².